The fraction of sp³-hybridized carbons (Fsp3) is 0.750. The van der Waals surface area contributed by atoms with Crippen molar-refractivity contribution >= 4 is 22.7 Å². The summed E-state index contributed by atoms with van der Waals surface area (Å²) in [5.41, 5.74) is 0. The smallest absolute Gasteiger partial charge is 0.192 e. The Morgan fingerprint density at radius 2 is 2.45 bits per heavy atom. The van der Waals surface area contributed by atoms with E-state index in [1.165, 1.54) is 11.8 Å². The van der Waals surface area contributed by atoms with Gasteiger partial charge in [0.15, 0.2) is 5.12 Å². The molecular weight excluding hydrogens is 160 g/mol. The van der Waals surface area contributed by atoms with Crippen molar-refractivity contribution in [1.29, 1.82) is 0 Å². The van der Waals surface area contributed by atoms with Crippen LogP contribution in [0, 0.1) is 5.92 Å². The number of thioether (sulfide) groups is 1. The van der Waals surface area contributed by atoms with Crippen molar-refractivity contribution in [3.63, 3.8) is 0 Å². The highest BCUT2D eigenvalue weighted by atomic mass is 32.2. The Balaban J connectivity index is 2.36. The minimum Gasteiger partial charge on any atom is -0.300 e. The molecule has 0 N–H and O–H groups in total. The molecule has 0 bridgehead atoms. The average Bonchev–Trinajstić information content (AvgIpc) is 2.37. The zero-order valence-electron chi connectivity index (χ0n) is 6.63. The highest BCUT2D eigenvalue weighted by molar-refractivity contribution is 8.14. The van der Waals surface area contributed by atoms with Crippen LogP contribution in [0.25, 0.3) is 0 Å². The van der Waals surface area contributed by atoms with Crippen molar-refractivity contribution in [2.24, 2.45) is 5.92 Å². The molecule has 0 aliphatic carbocycles. The van der Waals surface area contributed by atoms with E-state index in [1.807, 2.05) is 6.92 Å². The highest BCUT2D eigenvalue weighted by Crippen LogP contribution is 2.28. The van der Waals surface area contributed by atoms with E-state index in [0.717, 1.165) is 12.2 Å². The van der Waals surface area contributed by atoms with Crippen LogP contribution in [0.5, 0.6) is 0 Å². The summed E-state index contributed by atoms with van der Waals surface area (Å²) < 4.78 is 0. The van der Waals surface area contributed by atoms with Crippen LogP contribution < -0.4 is 0 Å². The Labute approximate surface area is 70.7 Å². The van der Waals surface area contributed by atoms with Gasteiger partial charge in [-0.05, 0) is 6.42 Å². The SMILES string of the molecule is CCC(=O)CC1CCSC1=O. The molecule has 0 radical (unpaired) electrons. The van der Waals surface area contributed by atoms with E-state index in [1.54, 1.807) is 0 Å². The van der Waals surface area contributed by atoms with Crippen molar-refractivity contribution < 1.29 is 9.59 Å². The minimum absolute atomic E-state index is 0.0347. The predicted octanol–water partition coefficient (Wildman–Crippen LogP) is 1.64. The first kappa shape index (κ1) is 8.78. The van der Waals surface area contributed by atoms with E-state index in [-0.39, 0.29) is 16.8 Å². The van der Waals surface area contributed by atoms with E-state index < -0.39 is 0 Å². The Hall–Kier alpha value is -0.310. The largest absolute Gasteiger partial charge is 0.300 e. The fourth-order valence-corrected chi connectivity index (χ4v) is 2.18. The summed E-state index contributed by atoms with van der Waals surface area (Å²) in [4.78, 5) is 22.0. The van der Waals surface area contributed by atoms with Crippen molar-refractivity contribution in [2.45, 2.75) is 26.2 Å². The molecule has 1 fully saturated rings. The number of Topliss-reactive ketones (excluding diaryl/α,β-unsaturated/α-hetero) is 1. The molecule has 0 aromatic rings. The van der Waals surface area contributed by atoms with Gasteiger partial charge in [-0.2, -0.15) is 0 Å². The molecule has 62 valence electrons. The second-order valence-electron chi connectivity index (χ2n) is 2.75. The van der Waals surface area contributed by atoms with Crippen molar-refractivity contribution in [3.05, 3.63) is 0 Å². The fourth-order valence-electron chi connectivity index (χ4n) is 1.14. The van der Waals surface area contributed by atoms with Crippen LogP contribution in [-0.4, -0.2) is 16.7 Å². The van der Waals surface area contributed by atoms with Crippen LogP contribution in [0.15, 0.2) is 0 Å². The maximum atomic E-state index is 11.0. The van der Waals surface area contributed by atoms with E-state index in [4.69, 9.17) is 0 Å². The van der Waals surface area contributed by atoms with Gasteiger partial charge < -0.3 is 0 Å². The highest BCUT2D eigenvalue weighted by Gasteiger charge is 2.26. The van der Waals surface area contributed by atoms with E-state index in [9.17, 15) is 9.59 Å². The van der Waals surface area contributed by atoms with Crippen molar-refractivity contribution in [1.82, 2.24) is 0 Å². The summed E-state index contributed by atoms with van der Waals surface area (Å²) in [6, 6.07) is 0. The molecule has 2 nitrogen and oxygen atoms in total. The zero-order valence-corrected chi connectivity index (χ0v) is 7.45. The van der Waals surface area contributed by atoms with Gasteiger partial charge in [0.05, 0.1) is 0 Å². The summed E-state index contributed by atoms with van der Waals surface area (Å²) in [7, 11) is 0. The molecule has 3 heteroatoms. The molecule has 11 heavy (non-hydrogen) atoms. The van der Waals surface area contributed by atoms with E-state index in [0.29, 0.717) is 12.8 Å². The summed E-state index contributed by atoms with van der Waals surface area (Å²) in [5, 5.41) is 0.215. The minimum atomic E-state index is 0.0347. The van der Waals surface area contributed by atoms with Gasteiger partial charge in [0.25, 0.3) is 0 Å². The number of hydrogen-bond acceptors (Lipinski definition) is 3. The van der Waals surface area contributed by atoms with Crippen LogP contribution in [0.3, 0.4) is 0 Å². The number of ketones is 1. The molecule has 1 saturated heterocycles. The second-order valence-corrected chi connectivity index (χ2v) is 3.85. The van der Waals surface area contributed by atoms with Crippen molar-refractivity contribution in [2.75, 3.05) is 5.75 Å². The lowest BCUT2D eigenvalue weighted by atomic mass is 10.0. The van der Waals surface area contributed by atoms with Crippen LogP contribution in [0.1, 0.15) is 26.2 Å². The quantitative estimate of drug-likeness (QED) is 0.649. The first-order valence-electron chi connectivity index (χ1n) is 3.92. The third kappa shape index (κ3) is 2.33. The monoisotopic (exact) mass is 172 g/mol. The standard InChI is InChI=1S/C8H12O2S/c1-2-7(9)5-6-3-4-11-8(6)10/h6H,2-5H2,1H3. The van der Waals surface area contributed by atoms with Crippen LogP contribution in [-0.2, 0) is 9.59 Å². The Kier molecular flexibility index (Phi) is 3.12. The van der Waals surface area contributed by atoms with E-state index in [2.05, 4.69) is 0 Å². The van der Waals surface area contributed by atoms with Gasteiger partial charge in [-0.3, -0.25) is 9.59 Å². The maximum Gasteiger partial charge on any atom is 0.192 e. The van der Waals surface area contributed by atoms with Crippen molar-refractivity contribution in [3.8, 4) is 0 Å². The Morgan fingerprint density at radius 1 is 1.73 bits per heavy atom. The molecule has 1 unspecified atom stereocenters. The van der Waals surface area contributed by atoms with Gasteiger partial charge in [0.2, 0.25) is 0 Å². The summed E-state index contributed by atoms with van der Waals surface area (Å²) >= 11 is 1.37. The van der Waals surface area contributed by atoms with Gasteiger partial charge in [-0.1, -0.05) is 18.7 Å². The first-order valence-corrected chi connectivity index (χ1v) is 4.91. The number of rotatable bonds is 3. The predicted molar refractivity (Wildman–Crippen MR) is 45.5 cm³/mol. The van der Waals surface area contributed by atoms with Gasteiger partial charge in [0, 0.05) is 24.5 Å². The molecule has 0 saturated carbocycles. The molecule has 1 rings (SSSR count). The number of carbonyl (C=O) groups is 2. The average molecular weight is 172 g/mol. The molecule has 1 aliphatic rings. The Bertz CT molecular complexity index is 177. The lowest BCUT2D eigenvalue weighted by Crippen LogP contribution is -2.10. The molecule has 0 aromatic carbocycles. The van der Waals surface area contributed by atoms with E-state index >= 15 is 0 Å². The van der Waals surface area contributed by atoms with Gasteiger partial charge in [-0.15, -0.1) is 0 Å². The third-order valence-electron chi connectivity index (χ3n) is 1.91. The van der Waals surface area contributed by atoms with Gasteiger partial charge in [0.1, 0.15) is 5.78 Å². The zero-order chi connectivity index (χ0) is 8.27. The van der Waals surface area contributed by atoms with Crippen LogP contribution in [0.4, 0.5) is 0 Å². The third-order valence-corrected chi connectivity index (χ3v) is 2.97. The summed E-state index contributed by atoms with van der Waals surface area (Å²) in [6.45, 7) is 1.84. The lowest BCUT2D eigenvalue weighted by molar-refractivity contribution is -0.123. The molecule has 1 heterocycles. The lowest BCUT2D eigenvalue weighted by Gasteiger charge is -2.02. The number of carbonyl (C=O) groups excluding carboxylic acids is 2. The normalized spacial score (nSPS) is 24.1. The van der Waals surface area contributed by atoms with Gasteiger partial charge >= 0.3 is 0 Å². The second kappa shape index (κ2) is 3.90. The summed E-state index contributed by atoms with van der Waals surface area (Å²) in [5.74, 6) is 1.15. The van der Waals surface area contributed by atoms with Crippen LogP contribution in [0.2, 0.25) is 0 Å². The summed E-state index contributed by atoms with van der Waals surface area (Å²) in [6.07, 6.45) is 1.94. The molecule has 0 spiro atoms. The molecule has 0 aromatic heterocycles. The molecule has 0 amide bonds. The topological polar surface area (TPSA) is 34.1 Å². The Morgan fingerprint density at radius 3 is 2.91 bits per heavy atom. The number of hydrogen-bond donors (Lipinski definition) is 0. The maximum absolute atomic E-state index is 11.0. The first-order chi connectivity index (χ1) is 5.24. The molecule has 1 aliphatic heterocycles. The molecule has 1 atom stereocenters. The van der Waals surface area contributed by atoms with Gasteiger partial charge in [-0.25, -0.2) is 0 Å². The van der Waals surface area contributed by atoms with Crippen LogP contribution >= 0.6 is 11.8 Å². The molecular formula is C8H12O2S.